The molecule has 1 aromatic heterocycles. The van der Waals surface area contributed by atoms with E-state index in [1.807, 2.05) is 70.4 Å². The highest BCUT2D eigenvalue weighted by molar-refractivity contribution is 5.95. The zero-order chi connectivity index (χ0) is 18.9. The van der Waals surface area contributed by atoms with Crippen LogP contribution in [0.3, 0.4) is 0 Å². The molecular formula is C23H22N2O3. The number of hydrogen-bond acceptors (Lipinski definition) is 3. The van der Waals surface area contributed by atoms with Crippen molar-refractivity contribution in [2.75, 3.05) is 19.8 Å². The van der Waals surface area contributed by atoms with Crippen LogP contribution in [-0.2, 0) is 0 Å². The summed E-state index contributed by atoms with van der Waals surface area (Å²) >= 11 is 0. The third kappa shape index (κ3) is 3.03. The third-order valence-electron chi connectivity index (χ3n) is 5.48. The van der Waals surface area contributed by atoms with E-state index >= 15 is 0 Å². The molecule has 0 unspecified atom stereocenters. The van der Waals surface area contributed by atoms with Gasteiger partial charge in [0.05, 0.1) is 6.04 Å². The van der Waals surface area contributed by atoms with Gasteiger partial charge < -0.3 is 18.9 Å². The topological polar surface area (TPSA) is 43.7 Å². The van der Waals surface area contributed by atoms with Crippen molar-refractivity contribution in [3.8, 4) is 17.2 Å². The number of rotatable bonds is 3. The second-order valence-electron chi connectivity index (χ2n) is 7.20. The molecule has 1 amide bonds. The van der Waals surface area contributed by atoms with Gasteiger partial charge in [0.2, 0.25) is 0 Å². The van der Waals surface area contributed by atoms with Crippen molar-refractivity contribution in [1.29, 1.82) is 0 Å². The molecule has 0 aliphatic carbocycles. The minimum Gasteiger partial charge on any atom is -0.486 e. The highest BCUT2D eigenvalue weighted by atomic mass is 16.6. The van der Waals surface area contributed by atoms with Gasteiger partial charge in [-0.1, -0.05) is 6.07 Å². The molecule has 0 N–H and O–H groups in total. The molecule has 0 saturated carbocycles. The number of benzene rings is 2. The van der Waals surface area contributed by atoms with Gasteiger partial charge >= 0.3 is 0 Å². The summed E-state index contributed by atoms with van der Waals surface area (Å²) in [6.07, 6.45) is 5.96. The van der Waals surface area contributed by atoms with E-state index in [4.69, 9.17) is 9.47 Å². The molecule has 0 radical (unpaired) electrons. The molecule has 5 nitrogen and oxygen atoms in total. The van der Waals surface area contributed by atoms with Crippen LogP contribution in [0.4, 0.5) is 0 Å². The van der Waals surface area contributed by atoms with Crippen molar-refractivity contribution in [3.05, 3.63) is 78.1 Å². The maximum atomic E-state index is 13.2. The quantitative estimate of drug-likeness (QED) is 0.689. The molecular weight excluding hydrogens is 352 g/mol. The Morgan fingerprint density at radius 1 is 0.929 bits per heavy atom. The van der Waals surface area contributed by atoms with Crippen LogP contribution in [0.15, 0.2) is 67.0 Å². The first-order chi connectivity index (χ1) is 13.8. The Morgan fingerprint density at radius 2 is 1.68 bits per heavy atom. The lowest BCUT2D eigenvalue weighted by Crippen LogP contribution is -2.30. The summed E-state index contributed by atoms with van der Waals surface area (Å²) in [6, 6.07) is 17.9. The Hall–Kier alpha value is -3.21. The van der Waals surface area contributed by atoms with Crippen molar-refractivity contribution < 1.29 is 14.3 Å². The Balaban J connectivity index is 1.38. The molecule has 1 atom stereocenters. The molecule has 142 valence electrons. The first-order valence-corrected chi connectivity index (χ1v) is 9.73. The van der Waals surface area contributed by atoms with Crippen LogP contribution in [0.5, 0.6) is 11.5 Å². The predicted molar refractivity (Wildman–Crippen MR) is 106 cm³/mol. The molecule has 2 aromatic carbocycles. The average molecular weight is 374 g/mol. The number of carbonyl (C=O) groups excluding carboxylic acids is 1. The third-order valence-corrected chi connectivity index (χ3v) is 5.48. The van der Waals surface area contributed by atoms with Crippen molar-refractivity contribution in [2.24, 2.45) is 0 Å². The van der Waals surface area contributed by atoms with Gasteiger partial charge in [-0.3, -0.25) is 4.79 Å². The minimum absolute atomic E-state index is 0.0763. The van der Waals surface area contributed by atoms with E-state index in [9.17, 15) is 4.79 Å². The zero-order valence-corrected chi connectivity index (χ0v) is 15.6. The summed E-state index contributed by atoms with van der Waals surface area (Å²) < 4.78 is 13.4. The van der Waals surface area contributed by atoms with E-state index in [-0.39, 0.29) is 11.9 Å². The van der Waals surface area contributed by atoms with Crippen LogP contribution in [0.2, 0.25) is 0 Å². The fourth-order valence-electron chi connectivity index (χ4n) is 4.07. The lowest BCUT2D eigenvalue weighted by molar-refractivity contribution is 0.0735. The van der Waals surface area contributed by atoms with E-state index in [2.05, 4.69) is 6.07 Å². The van der Waals surface area contributed by atoms with Gasteiger partial charge in [0.15, 0.2) is 11.5 Å². The van der Waals surface area contributed by atoms with Crippen LogP contribution in [0.1, 0.15) is 34.8 Å². The summed E-state index contributed by atoms with van der Waals surface area (Å²) in [5.41, 5.74) is 2.88. The number of fused-ring (bicyclic) bond motifs is 1. The number of nitrogens with zero attached hydrogens (tertiary/aromatic N) is 2. The second kappa shape index (κ2) is 7.08. The maximum absolute atomic E-state index is 13.2. The van der Waals surface area contributed by atoms with Crippen molar-refractivity contribution >= 4 is 5.91 Å². The Labute approximate surface area is 164 Å². The highest BCUT2D eigenvalue weighted by Gasteiger charge is 2.31. The van der Waals surface area contributed by atoms with Crippen LogP contribution in [-0.4, -0.2) is 35.1 Å². The standard InChI is InChI=1S/C23H22N2O3/c26-23(17-5-8-19(9-6-17)24-11-1-2-12-24)25-13-3-4-20(25)18-7-10-21-22(16-18)28-15-14-27-21/h1-2,5-12,16,20H,3-4,13-15H2/t20-/m1/s1. The fraction of sp³-hybridized carbons (Fsp3) is 0.261. The molecule has 0 spiro atoms. The van der Waals surface area contributed by atoms with Gasteiger partial charge in [0, 0.05) is 30.2 Å². The molecule has 5 rings (SSSR count). The first-order valence-electron chi connectivity index (χ1n) is 9.73. The average Bonchev–Trinajstić information content (AvgIpc) is 3.45. The van der Waals surface area contributed by atoms with Crippen molar-refractivity contribution in [3.63, 3.8) is 0 Å². The molecule has 2 aliphatic heterocycles. The second-order valence-corrected chi connectivity index (χ2v) is 7.20. The predicted octanol–water partition coefficient (Wildman–Crippen LogP) is 4.23. The van der Waals surface area contributed by atoms with Crippen LogP contribution >= 0.6 is 0 Å². The van der Waals surface area contributed by atoms with Gasteiger partial charge in [-0.2, -0.15) is 0 Å². The lowest BCUT2D eigenvalue weighted by Gasteiger charge is -2.27. The number of likely N-dealkylation sites (tertiary alicyclic amines) is 1. The summed E-state index contributed by atoms with van der Waals surface area (Å²) in [4.78, 5) is 15.2. The van der Waals surface area contributed by atoms with Crippen molar-refractivity contribution in [1.82, 2.24) is 9.47 Å². The van der Waals surface area contributed by atoms with Crippen LogP contribution in [0.25, 0.3) is 5.69 Å². The van der Waals surface area contributed by atoms with E-state index in [1.54, 1.807) is 0 Å². The van der Waals surface area contributed by atoms with Gasteiger partial charge in [-0.15, -0.1) is 0 Å². The molecule has 5 heteroatoms. The summed E-state index contributed by atoms with van der Waals surface area (Å²) in [5.74, 6) is 1.64. The number of aromatic nitrogens is 1. The Bertz CT molecular complexity index is 980. The monoisotopic (exact) mass is 374 g/mol. The van der Waals surface area contributed by atoms with E-state index in [0.29, 0.717) is 13.2 Å². The summed E-state index contributed by atoms with van der Waals surface area (Å²) in [5, 5.41) is 0. The molecule has 3 aromatic rings. The molecule has 2 aliphatic rings. The van der Waals surface area contributed by atoms with E-state index in [1.165, 1.54) is 0 Å². The smallest absolute Gasteiger partial charge is 0.254 e. The molecule has 3 heterocycles. The van der Waals surface area contributed by atoms with Crippen molar-refractivity contribution in [2.45, 2.75) is 18.9 Å². The summed E-state index contributed by atoms with van der Waals surface area (Å²) in [6.45, 7) is 1.92. The zero-order valence-electron chi connectivity index (χ0n) is 15.6. The number of amides is 1. The molecule has 1 saturated heterocycles. The Kier molecular flexibility index (Phi) is 4.28. The first kappa shape index (κ1) is 16.9. The lowest BCUT2D eigenvalue weighted by atomic mass is 10.0. The maximum Gasteiger partial charge on any atom is 0.254 e. The fourth-order valence-corrected chi connectivity index (χ4v) is 4.07. The number of hydrogen-bond donors (Lipinski definition) is 0. The Morgan fingerprint density at radius 3 is 2.46 bits per heavy atom. The normalized spacial score (nSPS) is 18.3. The SMILES string of the molecule is O=C(c1ccc(-n2cccc2)cc1)N1CCC[C@@H]1c1ccc2c(c1)OCCO2. The molecule has 0 bridgehead atoms. The summed E-state index contributed by atoms with van der Waals surface area (Å²) in [7, 11) is 0. The van der Waals surface area contributed by atoms with Gasteiger partial charge in [0.1, 0.15) is 13.2 Å². The van der Waals surface area contributed by atoms with E-state index < -0.39 is 0 Å². The van der Waals surface area contributed by atoms with Crippen LogP contribution < -0.4 is 9.47 Å². The van der Waals surface area contributed by atoms with E-state index in [0.717, 1.165) is 47.7 Å². The highest BCUT2D eigenvalue weighted by Crippen LogP contribution is 2.38. The number of carbonyl (C=O) groups is 1. The molecule has 28 heavy (non-hydrogen) atoms. The number of ether oxygens (including phenoxy) is 2. The minimum atomic E-state index is 0.0763. The van der Waals surface area contributed by atoms with Gasteiger partial charge in [-0.25, -0.2) is 0 Å². The van der Waals surface area contributed by atoms with Gasteiger partial charge in [-0.05, 0) is 66.9 Å². The van der Waals surface area contributed by atoms with Crippen LogP contribution in [0, 0.1) is 0 Å². The molecule has 1 fully saturated rings. The largest absolute Gasteiger partial charge is 0.486 e. The van der Waals surface area contributed by atoms with Gasteiger partial charge in [0.25, 0.3) is 5.91 Å².